The number of rotatable bonds is 9. The van der Waals surface area contributed by atoms with Gasteiger partial charge in [-0.2, -0.15) is 5.10 Å². The second-order valence-electron chi connectivity index (χ2n) is 8.63. The van der Waals surface area contributed by atoms with Crippen molar-refractivity contribution in [3.63, 3.8) is 0 Å². The number of hydrogen-bond donors (Lipinski definition) is 1. The minimum absolute atomic E-state index is 0.814. The van der Waals surface area contributed by atoms with Crippen molar-refractivity contribution in [1.29, 1.82) is 0 Å². The molecule has 4 heteroatoms. The summed E-state index contributed by atoms with van der Waals surface area (Å²) >= 11 is 0. The van der Waals surface area contributed by atoms with Crippen LogP contribution < -0.4 is 15.1 Å². The van der Waals surface area contributed by atoms with E-state index >= 15 is 0 Å². The summed E-state index contributed by atoms with van der Waals surface area (Å²) in [6.07, 6.45) is 2.69. The van der Waals surface area contributed by atoms with Crippen LogP contribution in [0.2, 0.25) is 0 Å². The Morgan fingerprint density at radius 1 is 0.676 bits per heavy atom. The number of hydrazone groups is 1. The van der Waals surface area contributed by atoms with E-state index in [0.29, 0.717) is 0 Å². The molecule has 0 aliphatic carbocycles. The smallest absolute Gasteiger partial charge is 0.145 e. The largest absolute Gasteiger partial charge is 0.494 e. The molecular weight excluding hydrogens is 454 g/mol. The SMILES string of the molecule is COc1c(Cc2ccccc2)cccc1Nc1ccc(C=NN(c2ccccc2)c2ccccc2)cc1. The second-order valence-corrected chi connectivity index (χ2v) is 8.63. The first-order chi connectivity index (χ1) is 18.3. The summed E-state index contributed by atoms with van der Waals surface area (Å²) in [6.45, 7) is 0. The highest BCUT2D eigenvalue weighted by Crippen LogP contribution is 2.33. The van der Waals surface area contributed by atoms with Crippen molar-refractivity contribution >= 4 is 29.0 Å². The molecule has 5 aromatic rings. The fourth-order valence-electron chi connectivity index (χ4n) is 4.23. The average Bonchev–Trinajstić information content (AvgIpc) is 2.96. The molecule has 0 radical (unpaired) electrons. The lowest BCUT2D eigenvalue weighted by molar-refractivity contribution is 0.412. The van der Waals surface area contributed by atoms with Crippen LogP contribution in [0.3, 0.4) is 0 Å². The highest BCUT2D eigenvalue weighted by molar-refractivity contribution is 5.83. The van der Waals surface area contributed by atoms with E-state index in [0.717, 1.165) is 46.0 Å². The Balaban J connectivity index is 1.33. The van der Waals surface area contributed by atoms with Crippen LogP contribution >= 0.6 is 0 Å². The summed E-state index contributed by atoms with van der Waals surface area (Å²) in [6, 6.07) is 45.2. The predicted octanol–water partition coefficient (Wildman–Crippen LogP) is 8.20. The van der Waals surface area contributed by atoms with E-state index in [9.17, 15) is 0 Å². The molecule has 0 aromatic heterocycles. The van der Waals surface area contributed by atoms with E-state index < -0.39 is 0 Å². The van der Waals surface area contributed by atoms with Gasteiger partial charge in [-0.15, -0.1) is 0 Å². The normalized spacial score (nSPS) is 10.8. The average molecular weight is 484 g/mol. The zero-order chi connectivity index (χ0) is 25.3. The number of methoxy groups -OCH3 is 1. The number of nitrogens with zero attached hydrogens (tertiary/aromatic N) is 2. The monoisotopic (exact) mass is 483 g/mol. The van der Waals surface area contributed by atoms with E-state index in [4.69, 9.17) is 9.84 Å². The summed E-state index contributed by atoms with van der Waals surface area (Å²) in [5.74, 6) is 0.860. The first kappa shape index (κ1) is 23.9. The van der Waals surface area contributed by atoms with Gasteiger partial charge in [0.2, 0.25) is 0 Å². The molecule has 4 nitrogen and oxygen atoms in total. The summed E-state index contributed by atoms with van der Waals surface area (Å²) in [4.78, 5) is 0. The zero-order valence-corrected chi connectivity index (χ0v) is 20.8. The predicted molar refractivity (Wildman–Crippen MR) is 155 cm³/mol. The Bertz CT molecular complexity index is 1390. The molecule has 0 heterocycles. The van der Waals surface area contributed by atoms with Crippen LogP contribution in [0.25, 0.3) is 0 Å². The van der Waals surface area contributed by atoms with E-state index in [1.807, 2.05) is 59.8 Å². The highest BCUT2D eigenvalue weighted by atomic mass is 16.5. The van der Waals surface area contributed by atoms with Gasteiger partial charge in [0.15, 0.2) is 0 Å². The van der Waals surface area contributed by atoms with E-state index in [1.165, 1.54) is 5.56 Å². The van der Waals surface area contributed by atoms with Gasteiger partial charge in [-0.05, 0) is 53.6 Å². The van der Waals surface area contributed by atoms with E-state index in [2.05, 4.69) is 90.2 Å². The Hall–Kier alpha value is -4.83. The van der Waals surface area contributed by atoms with Crippen LogP contribution in [0.4, 0.5) is 22.7 Å². The van der Waals surface area contributed by atoms with Gasteiger partial charge in [0.25, 0.3) is 0 Å². The lowest BCUT2D eigenvalue weighted by Crippen LogP contribution is -2.09. The molecule has 0 unspecified atom stereocenters. The van der Waals surface area contributed by atoms with Crippen LogP contribution in [0.15, 0.2) is 139 Å². The fraction of sp³-hybridized carbons (Fsp3) is 0.0606. The number of para-hydroxylation sites is 3. The van der Waals surface area contributed by atoms with Crippen molar-refractivity contribution in [2.75, 3.05) is 17.4 Å². The number of nitrogens with one attached hydrogen (secondary N) is 1. The standard InChI is InChI=1S/C33H29N3O/c1-37-33-28(24-26-12-5-2-6-13-26)14-11-19-32(33)35-29-22-20-27(21-23-29)25-34-36(30-15-7-3-8-16-30)31-17-9-4-10-18-31/h2-23,25,35H,24H2,1H3. The molecule has 5 rings (SSSR count). The topological polar surface area (TPSA) is 36.9 Å². The third-order valence-corrected chi connectivity index (χ3v) is 6.05. The molecule has 0 saturated carbocycles. The van der Waals surface area contributed by atoms with Crippen molar-refractivity contribution < 1.29 is 4.74 Å². The number of benzene rings is 5. The molecule has 1 N–H and O–H groups in total. The maximum Gasteiger partial charge on any atom is 0.145 e. The Labute approximate surface area is 218 Å². The summed E-state index contributed by atoms with van der Waals surface area (Å²) < 4.78 is 5.80. The third kappa shape index (κ3) is 6.06. The van der Waals surface area contributed by atoms with Crippen molar-refractivity contribution in [3.05, 3.63) is 150 Å². The van der Waals surface area contributed by atoms with Crippen LogP contribution in [0.1, 0.15) is 16.7 Å². The number of hydrogen-bond acceptors (Lipinski definition) is 4. The summed E-state index contributed by atoms with van der Waals surface area (Å²) in [5.41, 5.74) is 7.33. The van der Waals surface area contributed by atoms with Gasteiger partial charge >= 0.3 is 0 Å². The minimum Gasteiger partial charge on any atom is -0.494 e. The van der Waals surface area contributed by atoms with Gasteiger partial charge in [0, 0.05) is 17.7 Å². The second kappa shape index (κ2) is 11.7. The van der Waals surface area contributed by atoms with Crippen molar-refractivity contribution in [3.8, 4) is 5.75 Å². The summed E-state index contributed by atoms with van der Waals surface area (Å²) in [7, 11) is 1.72. The Morgan fingerprint density at radius 3 is 1.86 bits per heavy atom. The first-order valence-corrected chi connectivity index (χ1v) is 12.3. The highest BCUT2D eigenvalue weighted by Gasteiger charge is 2.10. The molecule has 0 saturated heterocycles. The first-order valence-electron chi connectivity index (χ1n) is 12.3. The van der Waals surface area contributed by atoms with Gasteiger partial charge in [-0.3, -0.25) is 0 Å². The maximum absolute atomic E-state index is 5.80. The molecule has 0 spiro atoms. The fourth-order valence-corrected chi connectivity index (χ4v) is 4.23. The van der Waals surface area contributed by atoms with Crippen LogP contribution in [-0.2, 0) is 6.42 Å². The van der Waals surface area contributed by atoms with Crippen molar-refractivity contribution in [2.45, 2.75) is 6.42 Å². The summed E-state index contributed by atoms with van der Waals surface area (Å²) in [5, 5.41) is 10.2. The molecule has 5 aromatic carbocycles. The molecule has 0 fully saturated rings. The third-order valence-electron chi connectivity index (χ3n) is 6.05. The minimum atomic E-state index is 0.814. The molecule has 0 aliphatic heterocycles. The number of ether oxygens (including phenoxy) is 1. The van der Waals surface area contributed by atoms with Crippen molar-refractivity contribution in [2.24, 2.45) is 5.10 Å². The van der Waals surface area contributed by atoms with Gasteiger partial charge < -0.3 is 10.1 Å². The van der Waals surface area contributed by atoms with Gasteiger partial charge in [0.05, 0.1) is 30.4 Å². The molecule has 0 bridgehead atoms. The lowest BCUT2D eigenvalue weighted by Gasteiger charge is -2.19. The van der Waals surface area contributed by atoms with E-state index in [1.54, 1.807) is 7.11 Å². The zero-order valence-electron chi connectivity index (χ0n) is 20.8. The Kier molecular flexibility index (Phi) is 7.58. The van der Waals surface area contributed by atoms with Crippen LogP contribution in [0, 0.1) is 0 Å². The van der Waals surface area contributed by atoms with Crippen LogP contribution in [-0.4, -0.2) is 13.3 Å². The lowest BCUT2D eigenvalue weighted by atomic mass is 10.0. The molecule has 182 valence electrons. The molecular formula is C33H29N3O. The van der Waals surface area contributed by atoms with Gasteiger partial charge in [-0.25, -0.2) is 5.01 Å². The molecule has 0 aliphatic rings. The molecule has 0 atom stereocenters. The number of anilines is 4. The van der Waals surface area contributed by atoms with Gasteiger partial charge in [-0.1, -0.05) is 91.0 Å². The van der Waals surface area contributed by atoms with Gasteiger partial charge in [0.1, 0.15) is 5.75 Å². The Morgan fingerprint density at radius 2 is 1.27 bits per heavy atom. The molecule has 37 heavy (non-hydrogen) atoms. The van der Waals surface area contributed by atoms with Crippen LogP contribution in [0.5, 0.6) is 5.75 Å². The van der Waals surface area contributed by atoms with E-state index in [-0.39, 0.29) is 0 Å². The molecule has 0 amide bonds. The maximum atomic E-state index is 5.80. The van der Waals surface area contributed by atoms with Crippen molar-refractivity contribution in [1.82, 2.24) is 0 Å². The quantitative estimate of drug-likeness (QED) is 0.170.